The Kier molecular flexibility index (Phi) is 7.87. The predicted octanol–water partition coefficient (Wildman–Crippen LogP) is 8.07. The summed E-state index contributed by atoms with van der Waals surface area (Å²) in [5, 5.41) is 15.0. The van der Waals surface area contributed by atoms with E-state index < -0.39 is 23.3 Å². The first-order valence-corrected chi connectivity index (χ1v) is 13.5. The topological polar surface area (TPSA) is 72.6 Å². The Bertz CT molecular complexity index is 1550. The van der Waals surface area contributed by atoms with Gasteiger partial charge in [-0.2, -0.15) is 13.2 Å². The molecule has 41 heavy (non-hydrogen) atoms. The van der Waals surface area contributed by atoms with Gasteiger partial charge in [-0.25, -0.2) is 0 Å². The van der Waals surface area contributed by atoms with Crippen LogP contribution in [-0.4, -0.2) is 22.8 Å². The van der Waals surface area contributed by atoms with Crippen molar-refractivity contribution in [1.82, 2.24) is 5.16 Å². The number of carbonyl (C=O) groups excluding carboxylic acids is 1. The molecule has 5 rings (SSSR count). The van der Waals surface area contributed by atoms with Crippen molar-refractivity contribution in [2.75, 3.05) is 6.61 Å². The Hall–Kier alpha value is -4.17. The van der Waals surface area contributed by atoms with E-state index in [1.165, 1.54) is 24.3 Å². The zero-order valence-electron chi connectivity index (χ0n) is 22.7. The second-order valence-corrected chi connectivity index (χ2v) is 10.2. The number of rotatable bonds is 9. The number of nitrogens with zero attached hydrogens (tertiary/aromatic N) is 1. The van der Waals surface area contributed by atoms with Crippen molar-refractivity contribution in [2.24, 2.45) is 0 Å². The molecular formula is C33H30F3NO4. The van der Waals surface area contributed by atoms with Crippen LogP contribution in [0, 0.1) is 6.92 Å². The van der Waals surface area contributed by atoms with Crippen LogP contribution in [0.2, 0.25) is 0 Å². The minimum Gasteiger partial charge on any atom is -0.465 e. The molecule has 3 aromatic carbocycles. The summed E-state index contributed by atoms with van der Waals surface area (Å²) in [4.78, 5) is 12.4. The number of carbonyl (C=O) groups is 1. The lowest BCUT2D eigenvalue weighted by Crippen LogP contribution is -2.23. The third kappa shape index (κ3) is 5.84. The first-order chi connectivity index (χ1) is 19.6. The summed E-state index contributed by atoms with van der Waals surface area (Å²) in [5.74, 6) is 0.241. The number of alkyl halides is 3. The highest BCUT2D eigenvalue weighted by molar-refractivity contribution is 5.87. The molecule has 1 heterocycles. The Balaban J connectivity index is 1.31. The SMILES string of the molecule is CCOC(=O)C1(c2ccc(-c3ccc(-c4onc(C)c4C(O)C/C=C/c4ccccc4C(F)(F)F)cc3)cc2)CC1. The number of ether oxygens (including phenoxy) is 1. The average molecular weight is 562 g/mol. The number of aromatic nitrogens is 1. The zero-order chi connectivity index (χ0) is 29.2. The maximum Gasteiger partial charge on any atom is 0.416 e. The smallest absolute Gasteiger partial charge is 0.416 e. The molecule has 1 unspecified atom stereocenters. The van der Waals surface area contributed by atoms with Gasteiger partial charge in [0.05, 0.1) is 34.9 Å². The number of halogens is 3. The highest BCUT2D eigenvalue weighted by Gasteiger charge is 2.52. The van der Waals surface area contributed by atoms with Crippen LogP contribution >= 0.6 is 0 Å². The van der Waals surface area contributed by atoms with Crippen molar-refractivity contribution < 1.29 is 32.3 Å². The van der Waals surface area contributed by atoms with E-state index in [1.807, 2.05) is 55.5 Å². The van der Waals surface area contributed by atoms with Crippen LogP contribution in [0.15, 0.2) is 83.4 Å². The molecule has 212 valence electrons. The minimum atomic E-state index is -4.46. The summed E-state index contributed by atoms with van der Waals surface area (Å²) in [5.41, 5.74) is 3.41. The summed E-state index contributed by atoms with van der Waals surface area (Å²) in [6, 6.07) is 20.8. The van der Waals surface area contributed by atoms with Crippen molar-refractivity contribution in [2.45, 2.75) is 50.8 Å². The average Bonchev–Trinajstić information content (AvgIpc) is 3.69. The first-order valence-electron chi connectivity index (χ1n) is 13.5. The Labute approximate surface area is 236 Å². The first kappa shape index (κ1) is 28.4. The highest BCUT2D eigenvalue weighted by Crippen LogP contribution is 2.49. The van der Waals surface area contributed by atoms with Gasteiger partial charge in [0.1, 0.15) is 0 Å². The second kappa shape index (κ2) is 11.4. The maximum atomic E-state index is 13.3. The summed E-state index contributed by atoms with van der Waals surface area (Å²) in [6.45, 7) is 3.89. The van der Waals surface area contributed by atoms with Gasteiger partial charge in [0.2, 0.25) is 0 Å². The molecule has 5 nitrogen and oxygen atoms in total. The Morgan fingerprint density at radius 3 is 2.24 bits per heavy atom. The molecule has 0 aliphatic heterocycles. The Morgan fingerprint density at radius 1 is 1.02 bits per heavy atom. The molecule has 4 aromatic rings. The van der Waals surface area contributed by atoms with Crippen molar-refractivity contribution in [3.63, 3.8) is 0 Å². The molecule has 0 bridgehead atoms. The molecule has 1 atom stereocenters. The van der Waals surface area contributed by atoms with E-state index in [2.05, 4.69) is 5.16 Å². The van der Waals surface area contributed by atoms with Gasteiger partial charge in [-0.1, -0.05) is 84.0 Å². The fraction of sp³-hybridized carbons (Fsp3) is 0.273. The number of benzene rings is 3. The molecule has 0 radical (unpaired) electrons. The van der Waals surface area contributed by atoms with Crippen molar-refractivity contribution in [3.8, 4) is 22.5 Å². The van der Waals surface area contributed by atoms with Gasteiger partial charge in [-0.3, -0.25) is 4.79 Å². The van der Waals surface area contributed by atoms with Crippen molar-refractivity contribution in [1.29, 1.82) is 0 Å². The second-order valence-electron chi connectivity index (χ2n) is 10.2. The summed E-state index contributed by atoms with van der Waals surface area (Å²) in [7, 11) is 0. The fourth-order valence-electron chi connectivity index (χ4n) is 5.12. The number of hydrogen-bond acceptors (Lipinski definition) is 5. The quantitative estimate of drug-likeness (QED) is 0.209. The van der Waals surface area contributed by atoms with Crippen LogP contribution in [-0.2, 0) is 21.1 Å². The predicted molar refractivity (Wildman–Crippen MR) is 150 cm³/mol. The summed E-state index contributed by atoms with van der Waals surface area (Å²) < 4.78 is 50.7. The third-order valence-electron chi connectivity index (χ3n) is 7.50. The van der Waals surface area contributed by atoms with Gasteiger partial charge in [0.15, 0.2) is 5.76 Å². The normalized spacial score (nSPS) is 15.2. The molecule has 1 saturated carbocycles. The maximum absolute atomic E-state index is 13.3. The van der Waals surface area contributed by atoms with Crippen LogP contribution in [0.4, 0.5) is 13.2 Å². The molecular weight excluding hydrogens is 531 g/mol. The molecule has 1 aliphatic carbocycles. The highest BCUT2D eigenvalue weighted by atomic mass is 19.4. The van der Waals surface area contributed by atoms with Crippen LogP contribution < -0.4 is 0 Å². The van der Waals surface area contributed by atoms with Crippen molar-refractivity contribution >= 4 is 12.0 Å². The number of esters is 1. The molecule has 1 aliphatic rings. The summed E-state index contributed by atoms with van der Waals surface area (Å²) >= 11 is 0. The van der Waals surface area contributed by atoms with Crippen LogP contribution in [0.1, 0.15) is 60.2 Å². The molecule has 0 spiro atoms. The number of aryl methyl sites for hydroxylation is 1. The number of aliphatic hydroxyl groups is 1. The van der Waals surface area contributed by atoms with E-state index in [-0.39, 0.29) is 18.0 Å². The lowest BCUT2D eigenvalue weighted by molar-refractivity contribution is -0.146. The fourth-order valence-corrected chi connectivity index (χ4v) is 5.12. The molecule has 1 aromatic heterocycles. The van der Waals surface area contributed by atoms with E-state index >= 15 is 0 Å². The lowest BCUT2D eigenvalue weighted by Gasteiger charge is -2.15. The number of hydrogen-bond donors (Lipinski definition) is 1. The van der Waals surface area contributed by atoms with Crippen LogP contribution in [0.3, 0.4) is 0 Å². The van der Waals surface area contributed by atoms with E-state index in [1.54, 1.807) is 13.0 Å². The molecule has 1 fully saturated rings. The van der Waals surface area contributed by atoms with E-state index in [4.69, 9.17) is 9.26 Å². The van der Waals surface area contributed by atoms with Crippen LogP contribution in [0.5, 0.6) is 0 Å². The van der Waals surface area contributed by atoms with E-state index in [0.29, 0.717) is 29.2 Å². The van der Waals surface area contributed by atoms with Gasteiger partial charge in [0.25, 0.3) is 0 Å². The third-order valence-corrected chi connectivity index (χ3v) is 7.50. The van der Waals surface area contributed by atoms with Crippen LogP contribution in [0.25, 0.3) is 28.5 Å². The van der Waals surface area contributed by atoms with Gasteiger partial charge < -0.3 is 14.4 Å². The monoisotopic (exact) mass is 561 g/mol. The molecule has 0 amide bonds. The zero-order valence-corrected chi connectivity index (χ0v) is 22.7. The minimum absolute atomic E-state index is 0.0336. The van der Waals surface area contributed by atoms with E-state index in [0.717, 1.165) is 35.6 Å². The standard InChI is InChI=1S/C33H30F3NO4/c1-3-40-31(39)32(19-20-32)26-17-15-23(16-18-26)22-11-13-25(14-12-22)30-29(21(2)37-41-30)28(38)10-6-8-24-7-4-5-9-27(24)33(34,35)36/h4-9,11-18,28,38H,3,10,19-20H2,1-2H3/b8-6+. The Morgan fingerprint density at radius 2 is 1.63 bits per heavy atom. The van der Waals surface area contributed by atoms with Gasteiger partial charge in [-0.15, -0.1) is 0 Å². The molecule has 8 heteroatoms. The lowest BCUT2D eigenvalue weighted by atomic mass is 9.93. The van der Waals surface area contributed by atoms with Crippen molar-refractivity contribution in [3.05, 3.63) is 107 Å². The van der Waals surface area contributed by atoms with E-state index in [9.17, 15) is 23.1 Å². The molecule has 0 saturated heterocycles. The molecule has 1 N–H and O–H groups in total. The van der Waals surface area contributed by atoms with Gasteiger partial charge in [0, 0.05) is 5.56 Å². The largest absolute Gasteiger partial charge is 0.465 e. The summed E-state index contributed by atoms with van der Waals surface area (Å²) in [6.07, 6.45) is -0.930. The van der Waals surface area contributed by atoms with Gasteiger partial charge in [-0.05, 0) is 61.4 Å². The number of aliphatic hydroxyl groups excluding tert-OH is 1. The van der Waals surface area contributed by atoms with Gasteiger partial charge >= 0.3 is 12.1 Å².